The van der Waals surface area contributed by atoms with Crippen molar-refractivity contribution in [2.24, 2.45) is 5.92 Å². The summed E-state index contributed by atoms with van der Waals surface area (Å²) >= 11 is 7.07. The Morgan fingerprint density at radius 2 is 2.08 bits per heavy atom. The van der Waals surface area contributed by atoms with E-state index in [1.54, 1.807) is 24.3 Å². The summed E-state index contributed by atoms with van der Waals surface area (Å²) in [5.74, 6) is 1.85. The number of rotatable bonds is 7. The van der Waals surface area contributed by atoms with Gasteiger partial charge in [0.1, 0.15) is 5.75 Å². The molecule has 1 heterocycles. The van der Waals surface area contributed by atoms with E-state index >= 15 is 0 Å². The summed E-state index contributed by atoms with van der Waals surface area (Å²) in [5, 5.41) is 12.0. The summed E-state index contributed by atoms with van der Waals surface area (Å²) in [7, 11) is 0. The number of amides is 1. The zero-order valence-electron chi connectivity index (χ0n) is 14.6. The van der Waals surface area contributed by atoms with Gasteiger partial charge in [0.05, 0.1) is 5.75 Å². The van der Waals surface area contributed by atoms with E-state index in [9.17, 15) is 4.79 Å². The minimum atomic E-state index is 0.00548. The third-order valence-corrected chi connectivity index (χ3v) is 5.48. The summed E-state index contributed by atoms with van der Waals surface area (Å²) < 4.78 is 11.1. The Morgan fingerprint density at radius 1 is 1.31 bits per heavy atom. The van der Waals surface area contributed by atoms with Crippen LogP contribution in [0.5, 0.6) is 5.75 Å². The van der Waals surface area contributed by atoms with Crippen molar-refractivity contribution in [2.45, 2.75) is 50.5 Å². The average molecular weight is 396 g/mol. The maximum atomic E-state index is 12.1. The Hall–Kier alpha value is -1.73. The first kappa shape index (κ1) is 19.0. The molecule has 0 spiro atoms. The van der Waals surface area contributed by atoms with Gasteiger partial charge in [0.2, 0.25) is 5.91 Å². The quantitative estimate of drug-likeness (QED) is 0.711. The van der Waals surface area contributed by atoms with Gasteiger partial charge in [-0.15, -0.1) is 10.2 Å². The fraction of sp³-hybridized carbons (Fsp3) is 0.500. The van der Waals surface area contributed by atoms with E-state index < -0.39 is 0 Å². The summed E-state index contributed by atoms with van der Waals surface area (Å²) in [5.41, 5.74) is 0. The highest BCUT2D eigenvalue weighted by Crippen LogP contribution is 2.24. The van der Waals surface area contributed by atoms with Crippen molar-refractivity contribution in [3.05, 3.63) is 35.2 Å². The van der Waals surface area contributed by atoms with Crippen molar-refractivity contribution in [2.75, 3.05) is 5.75 Å². The van der Waals surface area contributed by atoms with Crippen molar-refractivity contribution in [1.29, 1.82) is 0 Å². The first-order valence-corrected chi connectivity index (χ1v) is 10.1. The Labute approximate surface area is 162 Å². The summed E-state index contributed by atoms with van der Waals surface area (Å²) in [6.45, 7) is 2.36. The molecule has 1 aromatic carbocycles. The lowest BCUT2D eigenvalue weighted by molar-refractivity contribution is -0.119. The van der Waals surface area contributed by atoms with Crippen LogP contribution in [0.1, 0.15) is 38.5 Å². The molecule has 3 rings (SSSR count). The van der Waals surface area contributed by atoms with Crippen LogP contribution in [-0.4, -0.2) is 27.9 Å². The van der Waals surface area contributed by atoms with Crippen LogP contribution >= 0.6 is 23.4 Å². The number of nitrogens with one attached hydrogen (secondary N) is 1. The first-order chi connectivity index (χ1) is 12.6. The highest BCUT2D eigenvalue weighted by atomic mass is 35.5. The topological polar surface area (TPSA) is 77.2 Å². The number of nitrogens with zero attached hydrogens (tertiary/aromatic N) is 2. The largest absolute Gasteiger partial charge is 0.484 e. The van der Waals surface area contributed by atoms with E-state index in [1.165, 1.54) is 31.0 Å². The van der Waals surface area contributed by atoms with Gasteiger partial charge in [-0.2, -0.15) is 0 Å². The number of carbonyl (C=O) groups excluding carboxylic acids is 1. The molecule has 1 aliphatic carbocycles. The molecule has 26 heavy (non-hydrogen) atoms. The molecule has 1 amide bonds. The van der Waals surface area contributed by atoms with Crippen LogP contribution in [0.2, 0.25) is 5.02 Å². The van der Waals surface area contributed by atoms with Crippen LogP contribution < -0.4 is 10.1 Å². The molecule has 1 N–H and O–H groups in total. The lowest BCUT2D eigenvalue weighted by Gasteiger charge is -2.29. The van der Waals surface area contributed by atoms with E-state index in [0.717, 1.165) is 6.42 Å². The van der Waals surface area contributed by atoms with Crippen LogP contribution in [0, 0.1) is 5.92 Å². The summed E-state index contributed by atoms with van der Waals surface area (Å²) in [6.07, 6.45) is 4.68. The maximum absolute atomic E-state index is 12.1. The number of aromatic nitrogens is 2. The number of hydrogen-bond donors (Lipinski definition) is 1. The Bertz CT molecular complexity index is 723. The van der Waals surface area contributed by atoms with Crippen LogP contribution in [0.15, 0.2) is 33.9 Å². The van der Waals surface area contributed by atoms with Crippen LogP contribution in [0.25, 0.3) is 0 Å². The molecular formula is C18H22ClN3O3S. The van der Waals surface area contributed by atoms with E-state index in [1.807, 2.05) is 0 Å². The van der Waals surface area contributed by atoms with Crippen molar-refractivity contribution < 1.29 is 13.9 Å². The van der Waals surface area contributed by atoms with Gasteiger partial charge in [-0.25, -0.2) is 0 Å². The molecule has 140 valence electrons. The Kier molecular flexibility index (Phi) is 6.80. The molecule has 8 heteroatoms. The third-order valence-electron chi connectivity index (χ3n) is 4.41. The molecular weight excluding hydrogens is 374 g/mol. The van der Waals surface area contributed by atoms with Gasteiger partial charge in [-0.1, -0.05) is 43.1 Å². The van der Waals surface area contributed by atoms with Crippen molar-refractivity contribution in [3.8, 4) is 5.75 Å². The molecule has 2 aromatic rings. The van der Waals surface area contributed by atoms with Crippen molar-refractivity contribution in [1.82, 2.24) is 15.5 Å². The molecule has 0 unspecified atom stereocenters. The highest BCUT2D eigenvalue weighted by molar-refractivity contribution is 7.99. The van der Waals surface area contributed by atoms with Gasteiger partial charge in [-0.05, 0) is 43.0 Å². The third kappa shape index (κ3) is 5.64. The standard InChI is InChI=1S/C18H22ClN3O3S/c1-12-4-2-3-5-15(12)20-16(23)11-26-18-22-21-17(25-18)10-24-14-8-6-13(19)7-9-14/h6-9,12,15H,2-5,10-11H2,1H3,(H,20,23)/t12-,15+/m0/s1. The smallest absolute Gasteiger partial charge is 0.277 e. The summed E-state index contributed by atoms with van der Waals surface area (Å²) in [4.78, 5) is 12.1. The lowest BCUT2D eigenvalue weighted by atomic mass is 9.86. The van der Waals surface area contributed by atoms with Gasteiger partial charge >= 0.3 is 0 Å². The molecule has 0 saturated heterocycles. The first-order valence-electron chi connectivity index (χ1n) is 8.73. The molecule has 1 fully saturated rings. The zero-order chi connectivity index (χ0) is 18.4. The Morgan fingerprint density at radius 3 is 2.85 bits per heavy atom. The fourth-order valence-electron chi connectivity index (χ4n) is 2.94. The fourth-order valence-corrected chi connectivity index (χ4v) is 3.65. The number of hydrogen-bond acceptors (Lipinski definition) is 6. The minimum absolute atomic E-state index is 0.00548. The highest BCUT2D eigenvalue weighted by Gasteiger charge is 2.23. The van der Waals surface area contributed by atoms with Gasteiger partial charge in [-0.3, -0.25) is 4.79 Å². The van der Waals surface area contributed by atoms with E-state index in [4.69, 9.17) is 20.8 Å². The van der Waals surface area contributed by atoms with E-state index in [-0.39, 0.29) is 24.3 Å². The zero-order valence-corrected chi connectivity index (χ0v) is 16.2. The van der Waals surface area contributed by atoms with Crippen LogP contribution in [0.4, 0.5) is 0 Å². The molecule has 1 saturated carbocycles. The van der Waals surface area contributed by atoms with Crippen LogP contribution in [-0.2, 0) is 11.4 Å². The van der Waals surface area contributed by atoms with Gasteiger partial charge in [0.15, 0.2) is 6.61 Å². The monoisotopic (exact) mass is 395 g/mol. The average Bonchev–Trinajstić information content (AvgIpc) is 3.09. The maximum Gasteiger partial charge on any atom is 0.277 e. The molecule has 2 atom stereocenters. The molecule has 0 radical (unpaired) electrons. The van der Waals surface area contributed by atoms with Gasteiger partial charge in [0.25, 0.3) is 11.1 Å². The molecule has 1 aliphatic rings. The van der Waals surface area contributed by atoms with Crippen molar-refractivity contribution >= 4 is 29.3 Å². The van der Waals surface area contributed by atoms with Crippen molar-refractivity contribution in [3.63, 3.8) is 0 Å². The van der Waals surface area contributed by atoms with Gasteiger partial charge in [0, 0.05) is 11.1 Å². The minimum Gasteiger partial charge on any atom is -0.484 e. The molecule has 6 nitrogen and oxygen atoms in total. The van der Waals surface area contributed by atoms with E-state index in [0.29, 0.717) is 27.8 Å². The Balaban J connectivity index is 1.41. The van der Waals surface area contributed by atoms with Crippen LogP contribution in [0.3, 0.4) is 0 Å². The second-order valence-corrected chi connectivity index (χ2v) is 7.79. The number of ether oxygens (including phenoxy) is 1. The SMILES string of the molecule is C[C@H]1CCCC[C@H]1NC(=O)CSc1nnc(COc2ccc(Cl)cc2)o1. The lowest BCUT2D eigenvalue weighted by Crippen LogP contribution is -2.41. The molecule has 1 aromatic heterocycles. The number of halogens is 1. The predicted octanol–water partition coefficient (Wildman–Crippen LogP) is 4.09. The summed E-state index contributed by atoms with van der Waals surface area (Å²) in [6, 6.07) is 7.31. The normalized spacial score (nSPS) is 19.9. The number of benzene rings is 1. The molecule has 0 bridgehead atoms. The second kappa shape index (κ2) is 9.28. The number of carbonyl (C=O) groups is 1. The number of thioether (sulfide) groups is 1. The molecule has 0 aliphatic heterocycles. The van der Waals surface area contributed by atoms with E-state index in [2.05, 4.69) is 22.4 Å². The second-order valence-electron chi connectivity index (χ2n) is 6.43. The van der Waals surface area contributed by atoms with Gasteiger partial charge < -0.3 is 14.5 Å². The predicted molar refractivity (Wildman–Crippen MR) is 100 cm³/mol.